The summed E-state index contributed by atoms with van der Waals surface area (Å²) in [6.07, 6.45) is 2.35. The molecule has 1 heterocycles. The van der Waals surface area contributed by atoms with Crippen LogP contribution < -0.4 is 21.7 Å². The van der Waals surface area contributed by atoms with Gasteiger partial charge in [0.2, 0.25) is 5.96 Å². The molecule has 0 aromatic rings. The molecule has 0 spiro atoms. The lowest BCUT2D eigenvalue weighted by molar-refractivity contribution is 0.228. The summed E-state index contributed by atoms with van der Waals surface area (Å²) in [6.45, 7) is 2.96. The second kappa shape index (κ2) is 6.87. The standard InChI is InChI=1S/C10H19N5O2/c1-7-6-8(16)14-9(13-7)15-10(17)12-5-3-2-4-11/h6,8,16H,2-5,11H2,1H3,(H3,12,13,14,15,17). The molecule has 1 aliphatic rings. The van der Waals surface area contributed by atoms with Gasteiger partial charge in [0.15, 0.2) is 6.23 Å². The van der Waals surface area contributed by atoms with Crippen LogP contribution in [0.25, 0.3) is 0 Å². The van der Waals surface area contributed by atoms with Gasteiger partial charge in [0.1, 0.15) is 0 Å². The zero-order valence-corrected chi connectivity index (χ0v) is 9.86. The molecule has 0 bridgehead atoms. The summed E-state index contributed by atoms with van der Waals surface area (Å²) < 4.78 is 0. The van der Waals surface area contributed by atoms with Crippen LogP contribution in [-0.2, 0) is 0 Å². The molecule has 2 amide bonds. The summed E-state index contributed by atoms with van der Waals surface area (Å²) >= 11 is 0. The zero-order chi connectivity index (χ0) is 12.7. The minimum atomic E-state index is -0.913. The fourth-order valence-corrected chi connectivity index (χ4v) is 1.34. The molecule has 0 radical (unpaired) electrons. The topological polar surface area (TPSA) is 112 Å². The van der Waals surface area contributed by atoms with Crippen LogP contribution >= 0.6 is 0 Å². The van der Waals surface area contributed by atoms with E-state index >= 15 is 0 Å². The van der Waals surface area contributed by atoms with Crippen LogP contribution in [-0.4, -0.2) is 36.4 Å². The number of allylic oxidation sites excluding steroid dienone is 1. The van der Waals surface area contributed by atoms with E-state index in [0.717, 1.165) is 18.5 Å². The molecule has 17 heavy (non-hydrogen) atoms. The first-order valence-corrected chi connectivity index (χ1v) is 5.58. The number of rotatable bonds is 4. The smallest absolute Gasteiger partial charge is 0.321 e. The quantitative estimate of drug-likeness (QED) is 0.415. The number of unbranched alkanes of at least 4 members (excludes halogenated alkanes) is 1. The van der Waals surface area contributed by atoms with Gasteiger partial charge < -0.3 is 21.5 Å². The van der Waals surface area contributed by atoms with Gasteiger partial charge in [0, 0.05) is 12.2 Å². The molecule has 0 aromatic carbocycles. The Balaban J connectivity index is 2.27. The monoisotopic (exact) mass is 241 g/mol. The zero-order valence-electron chi connectivity index (χ0n) is 9.86. The van der Waals surface area contributed by atoms with Crippen LogP contribution in [0.4, 0.5) is 4.79 Å². The number of hydrogen-bond donors (Lipinski definition) is 5. The number of hydrogen-bond acceptors (Lipinski definition) is 5. The van der Waals surface area contributed by atoms with E-state index < -0.39 is 6.23 Å². The molecule has 7 nitrogen and oxygen atoms in total. The summed E-state index contributed by atoms with van der Waals surface area (Å²) in [5.74, 6) is 0.244. The fourth-order valence-electron chi connectivity index (χ4n) is 1.34. The highest BCUT2D eigenvalue weighted by Gasteiger charge is 2.12. The van der Waals surface area contributed by atoms with Gasteiger partial charge in [-0.2, -0.15) is 0 Å². The molecule has 0 aliphatic carbocycles. The van der Waals surface area contributed by atoms with Gasteiger partial charge in [-0.05, 0) is 32.4 Å². The summed E-state index contributed by atoms with van der Waals surface area (Å²) in [5.41, 5.74) is 6.08. The third-order valence-electron chi connectivity index (χ3n) is 2.12. The van der Waals surface area contributed by atoms with Crippen molar-refractivity contribution in [2.24, 2.45) is 10.7 Å². The lowest BCUT2D eigenvalue weighted by Gasteiger charge is -2.17. The molecule has 0 fully saturated rings. The second-order valence-electron chi connectivity index (χ2n) is 3.74. The summed E-state index contributed by atoms with van der Waals surface area (Å²) in [7, 11) is 0. The predicted molar refractivity (Wildman–Crippen MR) is 65.2 cm³/mol. The van der Waals surface area contributed by atoms with Crippen LogP contribution in [0.15, 0.2) is 16.8 Å². The van der Waals surface area contributed by atoms with Gasteiger partial charge in [-0.3, -0.25) is 5.32 Å². The number of carbonyl (C=O) groups is 1. The highest BCUT2D eigenvalue weighted by Crippen LogP contribution is 1.99. The lowest BCUT2D eigenvalue weighted by atomic mass is 10.3. The maximum Gasteiger partial charge on any atom is 0.321 e. The van der Waals surface area contributed by atoms with Crippen LogP contribution in [0.3, 0.4) is 0 Å². The largest absolute Gasteiger partial charge is 0.368 e. The third kappa shape index (κ3) is 5.32. The molecular formula is C10H19N5O2. The number of urea groups is 1. The van der Waals surface area contributed by atoms with E-state index in [1.165, 1.54) is 0 Å². The summed E-state index contributed by atoms with van der Waals surface area (Å²) in [4.78, 5) is 15.2. The van der Waals surface area contributed by atoms with E-state index in [2.05, 4.69) is 20.9 Å². The van der Waals surface area contributed by atoms with Gasteiger partial charge in [-0.15, -0.1) is 0 Å². The first-order valence-electron chi connectivity index (χ1n) is 5.58. The number of aliphatic hydroxyl groups excluding tert-OH is 1. The minimum Gasteiger partial charge on any atom is -0.368 e. The third-order valence-corrected chi connectivity index (χ3v) is 2.12. The first-order chi connectivity index (χ1) is 8.11. The van der Waals surface area contributed by atoms with E-state index in [0.29, 0.717) is 13.1 Å². The van der Waals surface area contributed by atoms with Crippen molar-refractivity contribution in [3.05, 3.63) is 11.8 Å². The van der Waals surface area contributed by atoms with Crippen LogP contribution in [0, 0.1) is 0 Å². The molecule has 96 valence electrons. The summed E-state index contributed by atoms with van der Waals surface area (Å²) in [6, 6.07) is -0.352. The maximum absolute atomic E-state index is 11.4. The number of aliphatic imine (C=N–C) groups is 1. The SMILES string of the molecule is CC1=CC(O)N=C(NC(=O)NCCCCN)N1. The Kier molecular flexibility index (Phi) is 5.44. The Morgan fingerprint density at radius 2 is 2.41 bits per heavy atom. The van der Waals surface area contributed by atoms with Gasteiger partial charge in [-0.25, -0.2) is 9.79 Å². The molecule has 1 atom stereocenters. The normalized spacial score (nSPS) is 18.9. The molecular weight excluding hydrogens is 222 g/mol. The molecule has 1 rings (SSSR count). The number of nitrogens with one attached hydrogen (secondary N) is 3. The molecule has 1 aliphatic heterocycles. The van der Waals surface area contributed by atoms with Crippen molar-refractivity contribution in [3.8, 4) is 0 Å². The van der Waals surface area contributed by atoms with Crippen LogP contribution in [0.5, 0.6) is 0 Å². The number of guanidine groups is 1. The van der Waals surface area contributed by atoms with Gasteiger partial charge in [-0.1, -0.05) is 0 Å². The molecule has 0 saturated heterocycles. The van der Waals surface area contributed by atoms with Crippen molar-refractivity contribution in [1.29, 1.82) is 0 Å². The number of nitrogens with two attached hydrogens (primary N) is 1. The van der Waals surface area contributed by atoms with E-state index in [1.807, 2.05) is 0 Å². The van der Waals surface area contributed by atoms with Gasteiger partial charge >= 0.3 is 6.03 Å². The Labute approximate surface area is 100 Å². The van der Waals surface area contributed by atoms with E-state index in [-0.39, 0.29) is 12.0 Å². The minimum absolute atomic E-state index is 0.244. The van der Waals surface area contributed by atoms with E-state index in [1.54, 1.807) is 13.0 Å². The Morgan fingerprint density at radius 1 is 1.65 bits per heavy atom. The van der Waals surface area contributed by atoms with Gasteiger partial charge in [0.25, 0.3) is 0 Å². The van der Waals surface area contributed by atoms with Crippen molar-refractivity contribution >= 4 is 12.0 Å². The van der Waals surface area contributed by atoms with Crippen LogP contribution in [0.2, 0.25) is 0 Å². The average molecular weight is 241 g/mol. The molecule has 1 unspecified atom stereocenters. The average Bonchev–Trinajstić information content (AvgIpc) is 2.23. The first kappa shape index (κ1) is 13.5. The van der Waals surface area contributed by atoms with E-state index in [9.17, 15) is 9.90 Å². The molecule has 0 saturated carbocycles. The van der Waals surface area contributed by atoms with Crippen molar-refractivity contribution in [3.63, 3.8) is 0 Å². The summed E-state index contributed by atoms with van der Waals surface area (Å²) in [5, 5.41) is 17.3. The number of carbonyl (C=O) groups excluding carboxylic acids is 1. The van der Waals surface area contributed by atoms with Crippen molar-refractivity contribution < 1.29 is 9.90 Å². The maximum atomic E-state index is 11.4. The number of amides is 2. The predicted octanol–water partition coefficient (Wildman–Crippen LogP) is -0.794. The lowest BCUT2D eigenvalue weighted by Crippen LogP contribution is -2.47. The Morgan fingerprint density at radius 3 is 3.06 bits per heavy atom. The molecule has 7 heteroatoms. The fraction of sp³-hybridized carbons (Fsp3) is 0.600. The van der Waals surface area contributed by atoms with Crippen molar-refractivity contribution in [1.82, 2.24) is 16.0 Å². The highest BCUT2D eigenvalue weighted by atomic mass is 16.3. The Bertz CT molecular complexity index is 327. The Hall–Kier alpha value is -1.60. The second-order valence-corrected chi connectivity index (χ2v) is 3.74. The van der Waals surface area contributed by atoms with Crippen LogP contribution in [0.1, 0.15) is 19.8 Å². The molecule has 0 aromatic heterocycles. The highest BCUT2D eigenvalue weighted by molar-refractivity contribution is 5.97. The number of aliphatic hydroxyl groups is 1. The number of nitrogens with zero attached hydrogens (tertiary/aromatic N) is 1. The van der Waals surface area contributed by atoms with Gasteiger partial charge in [0.05, 0.1) is 0 Å². The molecule has 6 N–H and O–H groups in total. The van der Waals surface area contributed by atoms with Crippen molar-refractivity contribution in [2.45, 2.75) is 26.0 Å². The van der Waals surface area contributed by atoms with E-state index in [4.69, 9.17) is 5.73 Å². The van der Waals surface area contributed by atoms with Crippen molar-refractivity contribution in [2.75, 3.05) is 13.1 Å².